The molecule has 0 aromatic heterocycles. The highest BCUT2D eigenvalue weighted by molar-refractivity contribution is 9.13. The van der Waals surface area contributed by atoms with Crippen molar-refractivity contribution in [3.05, 3.63) is 52.4 Å². The van der Waals surface area contributed by atoms with Gasteiger partial charge in [0.25, 0.3) is 0 Å². The number of fused-ring (bicyclic) bond motifs is 2. The quantitative estimate of drug-likeness (QED) is 0.276. The molecule has 6 heteroatoms. The van der Waals surface area contributed by atoms with Crippen molar-refractivity contribution in [3.63, 3.8) is 0 Å². The molecule has 3 rings (SSSR count). The number of benzene rings is 2. The van der Waals surface area contributed by atoms with Crippen LogP contribution in [-0.4, -0.2) is 0 Å². The summed E-state index contributed by atoms with van der Waals surface area (Å²) in [6.45, 7) is 0. The molecule has 0 atom stereocenters. The van der Waals surface area contributed by atoms with Gasteiger partial charge in [-0.1, -0.05) is 12.1 Å². The molecule has 0 bridgehead atoms. The van der Waals surface area contributed by atoms with Gasteiger partial charge in [0.1, 0.15) is 10.1 Å². The summed E-state index contributed by atoms with van der Waals surface area (Å²) in [5, 5.41) is 0.958. The summed E-state index contributed by atoms with van der Waals surface area (Å²) in [7, 11) is 0. The third kappa shape index (κ3) is 2.13. The lowest BCUT2D eigenvalue weighted by atomic mass is 10.1. The van der Waals surface area contributed by atoms with Gasteiger partial charge in [-0.15, -0.1) is 0 Å². The van der Waals surface area contributed by atoms with Gasteiger partial charge in [-0.3, -0.25) is 4.79 Å². The van der Waals surface area contributed by atoms with Gasteiger partial charge in [0.05, 0.1) is 8.95 Å². The minimum absolute atomic E-state index is 0.144. The van der Waals surface area contributed by atoms with E-state index in [1.807, 2.05) is 24.3 Å². The average molecular weight is 512 g/mol. The summed E-state index contributed by atoms with van der Waals surface area (Å²) in [5.41, 5.74) is 1.41. The molecule has 1 aliphatic carbocycles. The van der Waals surface area contributed by atoms with Crippen LogP contribution in [0.1, 0.15) is 0 Å². The Morgan fingerprint density at radius 1 is 0.947 bits per heavy atom. The Kier molecular flexibility index (Phi) is 3.62. The summed E-state index contributed by atoms with van der Waals surface area (Å²) >= 11 is 13.5. The van der Waals surface area contributed by atoms with Gasteiger partial charge >= 0.3 is 0 Å². The van der Waals surface area contributed by atoms with Crippen LogP contribution >= 0.6 is 63.7 Å². The first-order valence-electron chi connectivity index (χ1n) is 5.19. The Morgan fingerprint density at radius 2 is 1.68 bits per heavy atom. The highest BCUT2D eigenvalue weighted by Crippen LogP contribution is 2.41. The third-order valence-corrected chi connectivity index (χ3v) is 6.23. The fourth-order valence-electron chi connectivity index (χ4n) is 1.87. The first kappa shape index (κ1) is 13.8. The normalized spacial score (nSPS) is 11.4. The van der Waals surface area contributed by atoms with Gasteiger partial charge in [0.2, 0.25) is 5.43 Å². The zero-order valence-electron chi connectivity index (χ0n) is 9.14. The molecular formula is C13H4Br4O2. The van der Waals surface area contributed by atoms with E-state index < -0.39 is 0 Å². The molecule has 0 saturated heterocycles. The van der Waals surface area contributed by atoms with Crippen LogP contribution in [0.15, 0.2) is 51.4 Å². The van der Waals surface area contributed by atoms with Crippen LogP contribution in [0.4, 0.5) is 0 Å². The molecule has 0 radical (unpaired) electrons. The fourth-order valence-corrected chi connectivity index (χ4v) is 3.98. The summed E-state index contributed by atoms with van der Waals surface area (Å²) in [4.78, 5) is 12.0. The van der Waals surface area contributed by atoms with Crippen molar-refractivity contribution in [2.24, 2.45) is 0 Å². The highest BCUT2D eigenvalue weighted by Gasteiger charge is 2.21. The molecule has 2 nitrogen and oxygen atoms in total. The van der Waals surface area contributed by atoms with E-state index in [0.717, 1.165) is 15.4 Å². The maximum atomic E-state index is 12.0. The Hall–Kier alpha value is -0.170. The van der Waals surface area contributed by atoms with Gasteiger partial charge < -0.3 is 4.42 Å². The first-order valence-corrected chi connectivity index (χ1v) is 8.36. The topological polar surface area (TPSA) is 30.2 Å². The summed E-state index contributed by atoms with van der Waals surface area (Å²) in [6.07, 6.45) is 0. The zero-order valence-corrected chi connectivity index (χ0v) is 15.5. The fraction of sp³-hybridized carbons (Fsp3) is 0. The zero-order chi connectivity index (χ0) is 13.7. The van der Waals surface area contributed by atoms with Gasteiger partial charge in [0, 0.05) is 15.4 Å². The lowest BCUT2D eigenvalue weighted by Gasteiger charge is -2.12. The standard InChI is InChI=1S/C13H4Br4O2/c14-7-3-1-2-5-4-6-8(15)9(16)11(18)10(17)13(6)19-12(5)7/h1-4H. The Morgan fingerprint density at radius 3 is 2.42 bits per heavy atom. The van der Waals surface area contributed by atoms with Crippen molar-refractivity contribution in [3.8, 4) is 11.3 Å². The lowest BCUT2D eigenvalue weighted by molar-refractivity contribution is 0.613. The lowest BCUT2D eigenvalue weighted by Crippen LogP contribution is -2.07. The van der Waals surface area contributed by atoms with E-state index in [0.29, 0.717) is 24.8 Å². The van der Waals surface area contributed by atoms with E-state index in [2.05, 4.69) is 63.7 Å². The van der Waals surface area contributed by atoms with Crippen molar-refractivity contribution >= 4 is 74.7 Å². The van der Waals surface area contributed by atoms with Crippen LogP contribution in [0.5, 0.6) is 0 Å². The molecule has 0 N–H and O–H groups in total. The molecule has 0 saturated carbocycles. The van der Waals surface area contributed by atoms with Gasteiger partial charge in [-0.25, -0.2) is 0 Å². The highest BCUT2D eigenvalue weighted by atomic mass is 79.9. The van der Waals surface area contributed by atoms with Gasteiger partial charge in [-0.05, 0) is 75.9 Å². The first-order chi connectivity index (χ1) is 9.00. The van der Waals surface area contributed by atoms with E-state index >= 15 is 0 Å². The van der Waals surface area contributed by atoms with Crippen LogP contribution in [0.2, 0.25) is 0 Å². The van der Waals surface area contributed by atoms with Crippen molar-refractivity contribution < 1.29 is 4.42 Å². The second-order valence-electron chi connectivity index (χ2n) is 3.92. The largest absolute Gasteiger partial charge is 0.454 e. The van der Waals surface area contributed by atoms with E-state index in [4.69, 9.17) is 4.42 Å². The number of hydrogen-bond acceptors (Lipinski definition) is 2. The smallest absolute Gasteiger partial charge is 0.211 e. The van der Waals surface area contributed by atoms with Crippen LogP contribution in [-0.2, 0) is 0 Å². The predicted octanol–water partition coefficient (Wildman–Crippen LogP) is 5.95. The molecule has 96 valence electrons. The molecule has 1 aliphatic heterocycles. The second kappa shape index (κ2) is 4.98. The maximum Gasteiger partial charge on any atom is 0.211 e. The molecule has 0 fully saturated rings. The van der Waals surface area contributed by atoms with E-state index in [1.165, 1.54) is 0 Å². The maximum absolute atomic E-state index is 12.0. The molecule has 0 amide bonds. The summed E-state index contributed by atoms with van der Waals surface area (Å²) < 4.78 is 8.32. The molecule has 2 aliphatic rings. The van der Waals surface area contributed by atoms with Crippen LogP contribution in [0.3, 0.4) is 0 Å². The molecule has 19 heavy (non-hydrogen) atoms. The Balaban J connectivity index is 2.60. The Bertz CT molecular complexity index is 838. The molecule has 1 heterocycles. The number of hydrogen-bond donors (Lipinski definition) is 0. The van der Waals surface area contributed by atoms with Gasteiger partial charge in [0.15, 0.2) is 5.76 Å². The molecule has 1 aromatic carbocycles. The molecule has 0 unspecified atom stereocenters. The third-order valence-electron chi connectivity index (χ3n) is 2.77. The molecule has 1 aromatic rings. The van der Waals surface area contributed by atoms with Crippen molar-refractivity contribution in [1.82, 2.24) is 0 Å². The number of rotatable bonds is 0. The van der Waals surface area contributed by atoms with E-state index in [9.17, 15) is 4.79 Å². The summed E-state index contributed by atoms with van der Waals surface area (Å²) in [5.74, 6) is 0.527. The minimum atomic E-state index is -0.144. The van der Waals surface area contributed by atoms with Crippen LogP contribution in [0.25, 0.3) is 22.3 Å². The molecule has 0 spiro atoms. The Labute approximate surface area is 142 Å². The predicted molar refractivity (Wildman–Crippen MR) is 89.9 cm³/mol. The average Bonchev–Trinajstić information content (AvgIpc) is 2.42. The van der Waals surface area contributed by atoms with Crippen molar-refractivity contribution in [2.45, 2.75) is 0 Å². The van der Waals surface area contributed by atoms with Crippen molar-refractivity contribution in [2.75, 3.05) is 0 Å². The number of para-hydroxylation sites is 1. The minimum Gasteiger partial charge on any atom is -0.454 e. The van der Waals surface area contributed by atoms with E-state index in [1.54, 1.807) is 0 Å². The van der Waals surface area contributed by atoms with Crippen molar-refractivity contribution in [1.29, 1.82) is 0 Å². The SMILES string of the molecule is O=c1c(Br)c2oc3c(Br)cccc3cc-2c(Br)c1Br. The van der Waals surface area contributed by atoms with E-state index in [-0.39, 0.29) is 5.43 Å². The second-order valence-corrected chi connectivity index (χ2v) is 7.15. The molecular weight excluding hydrogens is 508 g/mol. The number of halogens is 4. The summed E-state index contributed by atoms with van der Waals surface area (Å²) in [6, 6.07) is 7.78. The monoisotopic (exact) mass is 508 g/mol. The van der Waals surface area contributed by atoms with Crippen LogP contribution in [0, 0.1) is 0 Å². The van der Waals surface area contributed by atoms with Gasteiger partial charge in [-0.2, -0.15) is 0 Å². The van der Waals surface area contributed by atoms with Crippen LogP contribution < -0.4 is 5.43 Å².